The topological polar surface area (TPSA) is 76.4 Å². The second-order valence-corrected chi connectivity index (χ2v) is 6.18. The average Bonchev–Trinajstić information content (AvgIpc) is 2.99. The fourth-order valence-corrected chi connectivity index (χ4v) is 2.74. The Kier molecular flexibility index (Phi) is 5.55. The van der Waals surface area contributed by atoms with E-state index >= 15 is 0 Å². The molecule has 0 fully saturated rings. The van der Waals surface area contributed by atoms with Gasteiger partial charge in [0.15, 0.2) is 0 Å². The summed E-state index contributed by atoms with van der Waals surface area (Å²) in [6.07, 6.45) is -4.76. The molecule has 0 bridgehead atoms. The maximum absolute atomic E-state index is 12.8. The van der Waals surface area contributed by atoms with Crippen LogP contribution in [-0.4, -0.2) is 39.6 Å². The van der Waals surface area contributed by atoms with Gasteiger partial charge in [0.05, 0.1) is 12.1 Å². The van der Waals surface area contributed by atoms with Gasteiger partial charge in [0, 0.05) is 12.4 Å². The molecule has 3 rings (SSSR count). The molecule has 1 heterocycles. The number of hydrogen-bond donors (Lipinski definition) is 2. The maximum Gasteiger partial charge on any atom is 0.410 e. The molecule has 9 heteroatoms. The number of halogens is 3. The number of aryl methyl sites for hydroxylation is 1. The van der Waals surface area contributed by atoms with E-state index in [1.807, 2.05) is 30.3 Å². The van der Waals surface area contributed by atoms with E-state index in [1.165, 1.54) is 11.7 Å². The van der Waals surface area contributed by atoms with Crippen molar-refractivity contribution in [1.82, 2.24) is 15.1 Å². The predicted molar refractivity (Wildman–Crippen MR) is 95.9 cm³/mol. The van der Waals surface area contributed by atoms with Crippen LogP contribution in [0.1, 0.15) is 16.1 Å². The van der Waals surface area contributed by atoms with Crippen molar-refractivity contribution in [2.75, 3.05) is 6.61 Å². The molecule has 0 aliphatic carbocycles. The Morgan fingerprint density at radius 1 is 1.25 bits per heavy atom. The van der Waals surface area contributed by atoms with Crippen molar-refractivity contribution in [3.63, 3.8) is 0 Å². The summed E-state index contributed by atoms with van der Waals surface area (Å²) >= 11 is 0. The first-order valence-electron chi connectivity index (χ1n) is 8.41. The van der Waals surface area contributed by atoms with Gasteiger partial charge in [-0.3, -0.25) is 9.48 Å². The van der Waals surface area contributed by atoms with Crippen molar-refractivity contribution in [2.24, 2.45) is 7.05 Å². The van der Waals surface area contributed by atoms with Crippen LogP contribution >= 0.6 is 0 Å². The number of fused-ring (bicyclic) bond motifs is 1. The first kappa shape index (κ1) is 19.7. The van der Waals surface area contributed by atoms with Crippen LogP contribution in [0.15, 0.2) is 48.5 Å². The molecule has 3 aromatic rings. The quantitative estimate of drug-likeness (QED) is 0.675. The second kappa shape index (κ2) is 7.89. The number of rotatable bonds is 6. The van der Waals surface area contributed by atoms with Gasteiger partial charge in [-0.05, 0) is 23.8 Å². The van der Waals surface area contributed by atoms with E-state index in [1.54, 1.807) is 23.5 Å². The normalized spacial score (nSPS) is 12.8. The molecule has 6 nitrogen and oxygen atoms in total. The van der Waals surface area contributed by atoms with E-state index < -0.39 is 24.7 Å². The Hall–Kier alpha value is -3.07. The Labute approximate surface area is 158 Å². The summed E-state index contributed by atoms with van der Waals surface area (Å²) in [5.74, 6) is -0.533. The van der Waals surface area contributed by atoms with Crippen molar-refractivity contribution >= 4 is 16.8 Å². The van der Waals surface area contributed by atoms with Gasteiger partial charge in [0.1, 0.15) is 24.1 Å². The third-order valence-electron chi connectivity index (χ3n) is 4.15. The molecule has 1 unspecified atom stereocenters. The summed E-state index contributed by atoms with van der Waals surface area (Å²) in [5.41, 5.74) is 1.33. The summed E-state index contributed by atoms with van der Waals surface area (Å²) < 4.78 is 45.4. The number of ether oxygens (including phenoxy) is 1. The maximum atomic E-state index is 12.8. The zero-order valence-corrected chi connectivity index (χ0v) is 14.9. The number of nitrogens with one attached hydrogen (secondary N) is 1. The molecule has 1 atom stereocenters. The van der Waals surface area contributed by atoms with Gasteiger partial charge >= 0.3 is 6.18 Å². The molecule has 1 amide bonds. The van der Waals surface area contributed by atoms with E-state index in [2.05, 4.69) is 5.10 Å². The number of amides is 1. The van der Waals surface area contributed by atoms with Crippen molar-refractivity contribution in [3.05, 3.63) is 59.8 Å². The van der Waals surface area contributed by atoms with Crippen LogP contribution in [-0.2, 0) is 13.7 Å². The molecule has 2 N–H and O–H groups in total. The van der Waals surface area contributed by atoms with Crippen LogP contribution in [0, 0.1) is 0 Å². The fraction of sp³-hybridized carbons (Fsp3) is 0.263. The van der Waals surface area contributed by atoms with E-state index in [-0.39, 0.29) is 5.69 Å². The lowest BCUT2D eigenvalue weighted by molar-refractivity contribution is -0.161. The van der Waals surface area contributed by atoms with Gasteiger partial charge in [-0.15, -0.1) is 0 Å². The highest BCUT2D eigenvalue weighted by Gasteiger charge is 2.40. The Morgan fingerprint density at radius 3 is 2.61 bits per heavy atom. The lowest BCUT2D eigenvalue weighted by atomic mass is 10.1. The van der Waals surface area contributed by atoms with Gasteiger partial charge in [-0.1, -0.05) is 30.3 Å². The van der Waals surface area contributed by atoms with Gasteiger partial charge in [0.2, 0.25) is 0 Å². The van der Waals surface area contributed by atoms with E-state index in [4.69, 9.17) is 9.84 Å². The van der Waals surface area contributed by atoms with Gasteiger partial charge in [-0.2, -0.15) is 18.3 Å². The molecule has 2 aromatic carbocycles. The van der Waals surface area contributed by atoms with Crippen LogP contribution < -0.4 is 10.1 Å². The van der Waals surface area contributed by atoms with Crippen LogP contribution in [0.2, 0.25) is 0 Å². The minimum Gasteiger partial charge on any atom is -0.489 e. The van der Waals surface area contributed by atoms with E-state index in [9.17, 15) is 18.0 Å². The van der Waals surface area contributed by atoms with E-state index in [0.717, 1.165) is 5.56 Å². The minimum atomic E-state index is -4.76. The van der Waals surface area contributed by atoms with Gasteiger partial charge < -0.3 is 15.2 Å². The Morgan fingerprint density at radius 2 is 1.96 bits per heavy atom. The summed E-state index contributed by atoms with van der Waals surface area (Å²) in [5, 5.41) is 15.2. The highest BCUT2D eigenvalue weighted by Crippen LogP contribution is 2.25. The monoisotopic (exact) mass is 393 g/mol. The number of hydrogen-bond acceptors (Lipinski definition) is 4. The smallest absolute Gasteiger partial charge is 0.410 e. The third kappa shape index (κ3) is 4.25. The number of aliphatic hydroxyl groups excluding tert-OH is 1. The van der Waals surface area contributed by atoms with Crippen LogP contribution in [0.5, 0.6) is 5.75 Å². The Balaban J connectivity index is 1.85. The van der Waals surface area contributed by atoms with Crippen LogP contribution in [0.4, 0.5) is 13.2 Å². The highest BCUT2D eigenvalue weighted by molar-refractivity contribution is 6.05. The molecule has 28 heavy (non-hydrogen) atoms. The minimum absolute atomic E-state index is 0.0529. The molecule has 0 saturated heterocycles. The zero-order chi connectivity index (χ0) is 20.3. The molecule has 0 spiro atoms. The number of alkyl halides is 3. The molecular weight excluding hydrogens is 375 g/mol. The van der Waals surface area contributed by atoms with Crippen molar-refractivity contribution in [3.8, 4) is 5.75 Å². The first-order chi connectivity index (χ1) is 13.3. The molecule has 0 saturated carbocycles. The number of carbonyl (C=O) groups excluding carboxylic acids is 1. The lowest BCUT2D eigenvalue weighted by Crippen LogP contribution is -2.48. The average molecular weight is 393 g/mol. The standard InChI is InChI=1S/C19H18F3N3O3/c1-25-17(18(27)23-16(10-26)19(20,21)22)14-9-13(7-8-15(14)24-25)28-11-12-5-3-2-4-6-12/h2-9,16,26H,10-11H2,1H3,(H,23,27). The fourth-order valence-electron chi connectivity index (χ4n) is 2.74. The van der Waals surface area contributed by atoms with Crippen LogP contribution in [0.3, 0.4) is 0 Å². The highest BCUT2D eigenvalue weighted by atomic mass is 19.4. The number of aliphatic hydroxyl groups is 1. The largest absolute Gasteiger partial charge is 0.489 e. The summed E-state index contributed by atoms with van der Waals surface area (Å²) in [6.45, 7) is -0.953. The number of nitrogens with zero attached hydrogens (tertiary/aromatic N) is 2. The van der Waals surface area contributed by atoms with E-state index in [0.29, 0.717) is 23.3 Å². The summed E-state index contributed by atoms with van der Waals surface area (Å²) in [7, 11) is 1.46. The second-order valence-electron chi connectivity index (χ2n) is 6.18. The zero-order valence-electron chi connectivity index (χ0n) is 14.9. The predicted octanol–water partition coefficient (Wildman–Crippen LogP) is 2.81. The van der Waals surface area contributed by atoms with Crippen molar-refractivity contribution in [2.45, 2.75) is 18.8 Å². The Bertz CT molecular complexity index is 971. The lowest BCUT2D eigenvalue weighted by Gasteiger charge is -2.19. The molecular formula is C19H18F3N3O3. The summed E-state index contributed by atoms with van der Waals surface area (Å²) in [4.78, 5) is 12.4. The molecule has 148 valence electrons. The summed E-state index contributed by atoms with van der Waals surface area (Å²) in [6, 6.07) is 11.9. The van der Waals surface area contributed by atoms with Crippen LogP contribution in [0.25, 0.3) is 10.9 Å². The SMILES string of the molecule is Cn1nc2ccc(OCc3ccccc3)cc2c1C(=O)NC(CO)C(F)(F)F. The van der Waals surface area contributed by atoms with Gasteiger partial charge in [0.25, 0.3) is 5.91 Å². The molecule has 0 aliphatic heterocycles. The molecule has 1 aromatic heterocycles. The molecule has 0 aliphatic rings. The third-order valence-corrected chi connectivity index (χ3v) is 4.15. The first-order valence-corrected chi connectivity index (χ1v) is 8.41. The van der Waals surface area contributed by atoms with Crippen molar-refractivity contribution < 1.29 is 27.8 Å². The molecule has 0 radical (unpaired) electrons. The number of benzene rings is 2. The van der Waals surface area contributed by atoms with Gasteiger partial charge in [-0.25, -0.2) is 0 Å². The van der Waals surface area contributed by atoms with Crippen molar-refractivity contribution in [1.29, 1.82) is 0 Å². The number of carbonyl (C=O) groups is 1. The number of aromatic nitrogens is 2.